The van der Waals surface area contributed by atoms with E-state index in [1.807, 2.05) is 18.2 Å². The zero-order valence-electron chi connectivity index (χ0n) is 10.2. The van der Waals surface area contributed by atoms with Gasteiger partial charge in [-0.25, -0.2) is 4.98 Å². The highest BCUT2D eigenvalue weighted by Gasteiger charge is 2.20. The maximum Gasteiger partial charge on any atom is 0.111 e. The van der Waals surface area contributed by atoms with E-state index < -0.39 is 0 Å². The molecule has 96 valence electrons. The number of aryl methyl sites for hydroxylation is 1. The van der Waals surface area contributed by atoms with Gasteiger partial charge in [0.05, 0.1) is 11.0 Å². The first-order valence-electron chi connectivity index (χ1n) is 6.48. The van der Waals surface area contributed by atoms with E-state index in [4.69, 9.17) is 23.2 Å². The number of halogens is 2. The Kier molecular flexibility index (Phi) is 3.49. The maximum absolute atomic E-state index is 6.09. The maximum atomic E-state index is 6.09. The van der Waals surface area contributed by atoms with Crippen LogP contribution in [0.2, 0.25) is 5.02 Å². The molecule has 4 heteroatoms. The molecule has 18 heavy (non-hydrogen) atoms. The number of rotatable bonds is 4. The fourth-order valence-corrected chi connectivity index (χ4v) is 2.89. The molecule has 1 saturated carbocycles. The zero-order chi connectivity index (χ0) is 12.5. The lowest BCUT2D eigenvalue weighted by molar-refractivity contribution is 0.277. The molecule has 0 radical (unpaired) electrons. The van der Waals surface area contributed by atoms with Crippen LogP contribution in [0.4, 0.5) is 0 Å². The van der Waals surface area contributed by atoms with Crippen LogP contribution in [0.15, 0.2) is 18.2 Å². The summed E-state index contributed by atoms with van der Waals surface area (Å²) in [5, 5.41) is 0.773. The number of hydrogen-bond donors (Lipinski definition) is 0. The van der Waals surface area contributed by atoms with Crippen molar-refractivity contribution < 1.29 is 0 Å². The lowest BCUT2D eigenvalue weighted by Gasteiger charge is -2.26. The van der Waals surface area contributed by atoms with Crippen LogP contribution in [-0.4, -0.2) is 15.4 Å². The second kappa shape index (κ2) is 5.10. The molecule has 1 aliphatic carbocycles. The lowest BCUT2D eigenvalue weighted by atomic mass is 9.85. The number of alkyl halides is 1. The predicted octanol–water partition coefficient (Wildman–Crippen LogP) is 4.27. The summed E-state index contributed by atoms with van der Waals surface area (Å²) < 4.78 is 2.31. The quantitative estimate of drug-likeness (QED) is 0.766. The average Bonchev–Trinajstić information content (AvgIpc) is 2.62. The van der Waals surface area contributed by atoms with Gasteiger partial charge < -0.3 is 4.57 Å². The van der Waals surface area contributed by atoms with Gasteiger partial charge in [-0.3, -0.25) is 0 Å². The number of hydrogen-bond acceptors (Lipinski definition) is 1. The van der Waals surface area contributed by atoms with Crippen molar-refractivity contribution in [3.05, 3.63) is 29.0 Å². The molecule has 1 heterocycles. The van der Waals surface area contributed by atoms with Gasteiger partial charge in [-0.2, -0.15) is 0 Å². The van der Waals surface area contributed by atoms with Gasteiger partial charge in [0.1, 0.15) is 5.82 Å². The van der Waals surface area contributed by atoms with Crippen molar-refractivity contribution in [3.8, 4) is 0 Å². The second-order valence-corrected chi connectivity index (χ2v) is 5.82. The molecule has 0 aliphatic heterocycles. The smallest absolute Gasteiger partial charge is 0.111 e. The van der Waals surface area contributed by atoms with Gasteiger partial charge in [-0.15, -0.1) is 11.6 Å². The van der Waals surface area contributed by atoms with Gasteiger partial charge in [0.15, 0.2) is 0 Å². The molecule has 0 N–H and O–H groups in total. The molecule has 0 bridgehead atoms. The summed E-state index contributed by atoms with van der Waals surface area (Å²) in [6.07, 6.45) is 4.85. The third-order valence-electron chi connectivity index (χ3n) is 3.77. The molecule has 1 aromatic heterocycles. The highest BCUT2D eigenvalue weighted by molar-refractivity contribution is 6.31. The summed E-state index contributed by atoms with van der Waals surface area (Å²) in [6.45, 7) is 1.06. The molecule has 2 nitrogen and oxygen atoms in total. The van der Waals surface area contributed by atoms with E-state index >= 15 is 0 Å². The van der Waals surface area contributed by atoms with E-state index in [0.29, 0.717) is 5.88 Å². The van der Waals surface area contributed by atoms with Crippen LogP contribution in [-0.2, 0) is 13.0 Å². The highest BCUT2D eigenvalue weighted by Crippen LogP contribution is 2.30. The first-order chi connectivity index (χ1) is 8.78. The Balaban J connectivity index is 2.04. The van der Waals surface area contributed by atoms with E-state index in [1.165, 1.54) is 19.3 Å². The van der Waals surface area contributed by atoms with Crippen LogP contribution >= 0.6 is 23.2 Å². The van der Waals surface area contributed by atoms with E-state index in [0.717, 1.165) is 40.8 Å². The summed E-state index contributed by atoms with van der Waals surface area (Å²) >= 11 is 12.0. The monoisotopic (exact) mass is 282 g/mol. The van der Waals surface area contributed by atoms with E-state index in [-0.39, 0.29) is 0 Å². The minimum atomic E-state index is 0.613. The van der Waals surface area contributed by atoms with E-state index in [2.05, 4.69) is 9.55 Å². The summed E-state index contributed by atoms with van der Waals surface area (Å²) in [6, 6.07) is 5.90. The van der Waals surface area contributed by atoms with Gasteiger partial charge >= 0.3 is 0 Å². The Bertz CT molecular complexity index is 558. The molecular formula is C14H16Cl2N2. The Hall–Kier alpha value is -0.730. The van der Waals surface area contributed by atoms with Gasteiger partial charge in [0, 0.05) is 23.9 Å². The van der Waals surface area contributed by atoms with Crippen molar-refractivity contribution >= 4 is 34.2 Å². The van der Waals surface area contributed by atoms with E-state index in [1.54, 1.807) is 0 Å². The number of nitrogens with zero attached hydrogens (tertiary/aromatic N) is 2. The molecule has 0 amide bonds. The predicted molar refractivity (Wildman–Crippen MR) is 76.5 cm³/mol. The number of benzene rings is 1. The largest absolute Gasteiger partial charge is 0.328 e. The molecule has 3 rings (SSSR count). The van der Waals surface area contributed by atoms with E-state index in [9.17, 15) is 0 Å². The lowest BCUT2D eigenvalue weighted by Crippen LogP contribution is -2.19. The van der Waals surface area contributed by atoms with Crippen molar-refractivity contribution in [3.63, 3.8) is 0 Å². The number of aromatic nitrogens is 2. The van der Waals surface area contributed by atoms with Gasteiger partial charge in [-0.1, -0.05) is 18.0 Å². The second-order valence-electron chi connectivity index (χ2n) is 5.01. The Morgan fingerprint density at radius 3 is 2.83 bits per heavy atom. The highest BCUT2D eigenvalue weighted by atomic mass is 35.5. The van der Waals surface area contributed by atoms with Gasteiger partial charge in [0.2, 0.25) is 0 Å². The molecule has 0 spiro atoms. The zero-order valence-corrected chi connectivity index (χ0v) is 11.7. The fourth-order valence-electron chi connectivity index (χ4n) is 2.56. The van der Waals surface area contributed by atoms with Crippen molar-refractivity contribution in [1.82, 2.24) is 9.55 Å². The normalized spacial score (nSPS) is 16.1. The van der Waals surface area contributed by atoms with Crippen LogP contribution in [0.1, 0.15) is 25.1 Å². The molecule has 0 unspecified atom stereocenters. The van der Waals surface area contributed by atoms with Crippen molar-refractivity contribution in [2.24, 2.45) is 5.92 Å². The van der Waals surface area contributed by atoms with Crippen LogP contribution in [0.3, 0.4) is 0 Å². The van der Waals surface area contributed by atoms with Crippen LogP contribution in [0, 0.1) is 5.92 Å². The fraction of sp³-hybridized carbons (Fsp3) is 0.500. The molecule has 1 fully saturated rings. The SMILES string of the molecule is ClCCc1nc2ccc(Cl)cc2n1CC1CCC1. The van der Waals surface area contributed by atoms with Gasteiger partial charge in [0.25, 0.3) is 0 Å². The summed E-state index contributed by atoms with van der Waals surface area (Å²) in [5.74, 6) is 2.51. The Labute approximate surface area is 117 Å². The van der Waals surface area contributed by atoms with Crippen molar-refractivity contribution in [1.29, 1.82) is 0 Å². The summed E-state index contributed by atoms with van der Waals surface area (Å²) in [5.41, 5.74) is 2.17. The number of fused-ring (bicyclic) bond motifs is 1. The molecule has 1 aromatic carbocycles. The Morgan fingerprint density at radius 2 is 2.17 bits per heavy atom. The standard InChI is InChI=1S/C14H16Cl2N2/c15-7-6-14-17-12-5-4-11(16)8-13(12)18(14)9-10-2-1-3-10/h4-5,8,10H,1-3,6-7,9H2. The van der Waals surface area contributed by atoms with Crippen LogP contribution in [0.5, 0.6) is 0 Å². The first kappa shape index (κ1) is 12.3. The first-order valence-corrected chi connectivity index (χ1v) is 7.40. The minimum Gasteiger partial charge on any atom is -0.328 e. The summed E-state index contributed by atoms with van der Waals surface area (Å²) in [4.78, 5) is 4.67. The van der Waals surface area contributed by atoms with Gasteiger partial charge in [-0.05, 0) is 37.0 Å². The molecular weight excluding hydrogens is 267 g/mol. The molecule has 0 atom stereocenters. The van der Waals surface area contributed by atoms with Crippen molar-refractivity contribution in [2.45, 2.75) is 32.2 Å². The average molecular weight is 283 g/mol. The topological polar surface area (TPSA) is 17.8 Å². The van der Waals surface area contributed by atoms with Crippen LogP contribution in [0.25, 0.3) is 11.0 Å². The minimum absolute atomic E-state index is 0.613. The molecule has 1 aliphatic rings. The Morgan fingerprint density at radius 1 is 1.33 bits per heavy atom. The molecule has 2 aromatic rings. The third-order valence-corrected chi connectivity index (χ3v) is 4.20. The molecule has 0 saturated heterocycles. The number of imidazole rings is 1. The summed E-state index contributed by atoms with van der Waals surface area (Å²) in [7, 11) is 0. The third kappa shape index (κ3) is 2.24. The van der Waals surface area contributed by atoms with Crippen LogP contribution < -0.4 is 0 Å². The van der Waals surface area contributed by atoms with Crippen molar-refractivity contribution in [2.75, 3.05) is 5.88 Å².